The van der Waals surface area contributed by atoms with E-state index in [1.54, 1.807) is 30.4 Å². The Bertz CT molecular complexity index is 701. The van der Waals surface area contributed by atoms with E-state index in [1.807, 2.05) is 26.0 Å². The van der Waals surface area contributed by atoms with Gasteiger partial charge in [-0.25, -0.2) is 0 Å². The van der Waals surface area contributed by atoms with Crippen LogP contribution in [0.2, 0.25) is 0 Å². The summed E-state index contributed by atoms with van der Waals surface area (Å²) in [5.74, 6) is -0.413. The molecule has 0 aliphatic carbocycles. The van der Waals surface area contributed by atoms with Crippen LogP contribution in [0.1, 0.15) is 40.3 Å². The van der Waals surface area contributed by atoms with Crippen molar-refractivity contribution in [3.8, 4) is 0 Å². The minimum absolute atomic E-state index is 0.0350. The number of rotatable bonds is 6. The van der Waals surface area contributed by atoms with Crippen LogP contribution in [0.3, 0.4) is 0 Å². The molecule has 0 bridgehead atoms. The van der Waals surface area contributed by atoms with Crippen molar-refractivity contribution in [1.29, 1.82) is 0 Å². The lowest BCUT2D eigenvalue weighted by atomic mass is 10.1. The van der Waals surface area contributed by atoms with Gasteiger partial charge in [0.05, 0.1) is 0 Å². The molecule has 1 N–H and O–H groups in total. The Balaban J connectivity index is 2.02. The molecular formula is C18H22N4O2. The van der Waals surface area contributed by atoms with Gasteiger partial charge in [-0.1, -0.05) is 0 Å². The van der Waals surface area contributed by atoms with Crippen molar-refractivity contribution in [2.75, 3.05) is 13.6 Å². The molecule has 0 aliphatic heterocycles. The highest BCUT2D eigenvalue weighted by molar-refractivity contribution is 5.98. The van der Waals surface area contributed by atoms with Crippen LogP contribution in [0.5, 0.6) is 0 Å². The zero-order valence-corrected chi connectivity index (χ0v) is 14.2. The van der Waals surface area contributed by atoms with Gasteiger partial charge in [-0.05, 0) is 50.1 Å². The van der Waals surface area contributed by atoms with E-state index in [4.69, 9.17) is 0 Å². The monoisotopic (exact) mass is 326 g/mol. The van der Waals surface area contributed by atoms with Gasteiger partial charge in [0.1, 0.15) is 5.69 Å². The molecule has 0 aliphatic rings. The van der Waals surface area contributed by atoms with Crippen LogP contribution in [0.25, 0.3) is 0 Å². The third-order valence-corrected chi connectivity index (χ3v) is 3.49. The lowest BCUT2D eigenvalue weighted by molar-refractivity contribution is 0.0791. The lowest BCUT2D eigenvalue weighted by Gasteiger charge is -2.17. The number of carbonyl (C=O) groups is 2. The number of pyridine rings is 2. The number of hydrogen-bond acceptors (Lipinski definition) is 4. The second-order valence-corrected chi connectivity index (χ2v) is 5.89. The van der Waals surface area contributed by atoms with Gasteiger partial charge in [0, 0.05) is 43.8 Å². The molecule has 0 fully saturated rings. The summed E-state index contributed by atoms with van der Waals surface area (Å²) < 4.78 is 0. The van der Waals surface area contributed by atoms with Crippen molar-refractivity contribution in [3.05, 3.63) is 59.7 Å². The summed E-state index contributed by atoms with van der Waals surface area (Å²) in [7, 11) is 1.73. The van der Waals surface area contributed by atoms with Crippen LogP contribution in [-0.4, -0.2) is 46.3 Å². The summed E-state index contributed by atoms with van der Waals surface area (Å²) in [5, 5.41) is 2.80. The van der Waals surface area contributed by atoms with Crippen LogP contribution >= 0.6 is 0 Å². The fraction of sp³-hybridized carbons (Fsp3) is 0.333. The number of aromatic nitrogens is 2. The van der Waals surface area contributed by atoms with E-state index < -0.39 is 0 Å². The summed E-state index contributed by atoms with van der Waals surface area (Å²) in [6.07, 6.45) is 5.68. The lowest BCUT2D eigenvalue weighted by Crippen LogP contribution is -2.32. The summed E-state index contributed by atoms with van der Waals surface area (Å²) in [5.41, 5.74) is 1.82. The normalized spacial score (nSPS) is 10.5. The highest BCUT2D eigenvalue weighted by atomic mass is 16.2. The van der Waals surface area contributed by atoms with Gasteiger partial charge in [0.2, 0.25) is 0 Å². The van der Waals surface area contributed by atoms with E-state index in [2.05, 4.69) is 15.3 Å². The zero-order valence-electron chi connectivity index (χ0n) is 14.2. The second-order valence-electron chi connectivity index (χ2n) is 5.89. The second kappa shape index (κ2) is 8.19. The number of nitrogens with zero attached hydrogens (tertiary/aromatic N) is 3. The van der Waals surface area contributed by atoms with Gasteiger partial charge in [-0.15, -0.1) is 0 Å². The summed E-state index contributed by atoms with van der Waals surface area (Å²) in [6, 6.07) is 7.02. The molecule has 2 heterocycles. The van der Waals surface area contributed by atoms with Gasteiger partial charge in [-0.3, -0.25) is 19.6 Å². The van der Waals surface area contributed by atoms with E-state index in [9.17, 15) is 9.59 Å². The van der Waals surface area contributed by atoms with Crippen molar-refractivity contribution in [1.82, 2.24) is 20.2 Å². The van der Waals surface area contributed by atoms with Gasteiger partial charge in [0.25, 0.3) is 11.8 Å². The van der Waals surface area contributed by atoms with Crippen LogP contribution in [0.15, 0.2) is 42.9 Å². The smallest absolute Gasteiger partial charge is 0.272 e. The van der Waals surface area contributed by atoms with Gasteiger partial charge >= 0.3 is 0 Å². The molecule has 0 saturated carbocycles. The molecule has 126 valence electrons. The number of carbonyl (C=O) groups excluding carboxylic acids is 2. The van der Waals surface area contributed by atoms with Gasteiger partial charge < -0.3 is 10.2 Å². The number of hydrogen-bond donors (Lipinski definition) is 1. The Hall–Kier alpha value is -2.76. The van der Waals surface area contributed by atoms with Gasteiger partial charge in [-0.2, -0.15) is 0 Å². The molecule has 0 saturated heterocycles. The fourth-order valence-corrected chi connectivity index (χ4v) is 2.18. The maximum atomic E-state index is 12.5. The maximum Gasteiger partial charge on any atom is 0.272 e. The molecule has 6 heteroatoms. The summed E-state index contributed by atoms with van der Waals surface area (Å²) in [4.78, 5) is 34.2. The van der Waals surface area contributed by atoms with Crippen molar-refractivity contribution < 1.29 is 9.59 Å². The molecule has 2 amide bonds. The van der Waals surface area contributed by atoms with Crippen LogP contribution in [0, 0.1) is 0 Å². The zero-order chi connectivity index (χ0) is 17.5. The Kier molecular flexibility index (Phi) is 6.01. The Morgan fingerprint density at radius 3 is 2.54 bits per heavy atom. The summed E-state index contributed by atoms with van der Waals surface area (Å²) >= 11 is 0. The Labute approximate surface area is 141 Å². The SMILES string of the molecule is CC(C)NC(=O)c1ccnc(C(=O)N(C)CCc2ccncc2)c1. The van der Waals surface area contributed by atoms with E-state index in [0.29, 0.717) is 12.1 Å². The van der Waals surface area contributed by atoms with Crippen molar-refractivity contribution >= 4 is 11.8 Å². The van der Waals surface area contributed by atoms with Crippen LogP contribution in [0.4, 0.5) is 0 Å². The first-order chi connectivity index (χ1) is 11.5. The molecule has 0 radical (unpaired) electrons. The average Bonchev–Trinajstić information content (AvgIpc) is 2.59. The predicted molar refractivity (Wildman–Crippen MR) is 91.7 cm³/mol. The number of nitrogens with one attached hydrogen (secondary N) is 1. The topological polar surface area (TPSA) is 75.2 Å². The summed E-state index contributed by atoms with van der Waals surface area (Å²) in [6.45, 7) is 4.34. The fourth-order valence-electron chi connectivity index (χ4n) is 2.18. The molecule has 6 nitrogen and oxygen atoms in total. The van der Waals surface area contributed by atoms with Crippen LogP contribution in [-0.2, 0) is 6.42 Å². The highest BCUT2D eigenvalue weighted by Gasteiger charge is 2.16. The minimum Gasteiger partial charge on any atom is -0.350 e. The molecule has 2 aromatic rings. The first-order valence-electron chi connectivity index (χ1n) is 7.88. The molecule has 2 aromatic heterocycles. The van der Waals surface area contributed by atoms with Gasteiger partial charge in [0.15, 0.2) is 0 Å². The predicted octanol–water partition coefficient (Wildman–Crippen LogP) is 1.93. The van der Waals surface area contributed by atoms with Crippen molar-refractivity contribution in [2.24, 2.45) is 0 Å². The Morgan fingerprint density at radius 1 is 1.17 bits per heavy atom. The molecule has 0 atom stereocenters. The standard InChI is InChI=1S/C18H22N4O2/c1-13(2)21-17(23)15-6-10-20-16(12-15)18(24)22(3)11-7-14-4-8-19-9-5-14/h4-6,8-10,12-13H,7,11H2,1-3H3,(H,21,23). The molecule has 0 unspecified atom stereocenters. The molecule has 0 spiro atoms. The third-order valence-electron chi connectivity index (χ3n) is 3.49. The van der Waals surface area contributed by atoms with E-state index in [0.717, 1.165) is 12.0 Å². The van der Waals surface area contributed by atoms with Crippen molar-refractivity contribution in [2.45, 2.75) is 26.3 Å². The molecular weight excluding hydrogens is 304 g/mol. The average molecular weight is 326 g/mol. The first-order valence-corrected chi connectivity index (χ1v) is 7.88. The van der Waals surface area contributed by atoms with E-state index in [1.165, 1.54) is 12.3 Å². The van der Waals surface area contributed by atoms with E-state index >= 15 is 0 Å². The molecule has 2 rings (SSSR count). The largest absolute Gasteiger partial charge is 0.350 e. The quantitative estimate of drug-likeness (QED) is 0.880. The van der Waals surface area contributed by atoms with Crippen LogP contribution < -0.4 is 5.32 Å². The number of likely N-dealkylation sites (N-methyl/N-ethyl adjacent to an activating group) is 1. The van der Waals surface area contributed by atoms with Crippen molar-refractivity contribution in [3.63, 3.8) is 0 Å². The third kappa shape index (κ3) is 4.87. The maximum absolute atomic E-state index is 12.5. The number of amides is 2. The highest BCUT2D eigenvalue weighted by Crippen LogP contribution is 2.07. The minimum atomic E-state index is -0.208. The van der Waals surface area contributed by atoms with E-state index in [-0.39, 0.29) is 23.6 Å². The Morgan fingerprint density at radius 2 is 1.88 bits per heavy atom. The molecule has 24 heavy (non-hydrogen) atoms. The first kappa shape index (κ1) is 17.6. The molecule has 0 aromatic carbocycles.